The maximum Gasteiger partial charge on any atom is 0.308 e. The Morgan fingerprint density at radius 2 is 1.84 bits per heavy atom. The summed E-state index contributed by atoms with van der Waals surface area (Å²) >= 11 is 0. The first-order chi connectivity index (χ1) is 9.08. The summed E-state index contributed by atoms with van der Waals surface area (Å²) in [5, 5.41) is 18.2. The highest BCUT2D eigenvalue weighted by atomic mass is 16.4. The van der Waals surface area contributed by atoms with Crippen LogP contribution in [0, 0.1) is 11.8 Å². The molecule has 1 saturated heterocycles. The van der Waals surface area contributed by atoms with Crippen molar-refractivity contribution in [1.82, 2.24) is 9.88 Å². The second-order valence-corrected chi connectivity index (χ2v) is 4.77. The van der Waals surface area contributed by atoms with E-state index in [2.05, 4.69) is 4.98 Å². The molecule has 0 radical (unpaired) electrons. The van der Waals surface area contributed by atoms with Crippen LogP contribution in [0.15, 0.2) is 24.5 Å². The van der Waals surface area contributed by atoms with Gasteiger partial charge in [0.05, 0.1) is 11.8 Å². The fourth-order valence-electron chi connectivity index (χ4n) is 2.46. The van der Waals surface area contributed by atoms with Gasteiger partial charge in [-0.3, -0.25) is 19.5 Å². The minimum Gasteiger partial charge on any atom is -0.481 e. The van der Waals surface area contributed by atoms with Crippen LogP contribution in [0.2, 0.25) is 0 Å². The highest BCUT2D eigenvalue weighted by Crippen LogP contribution is 2.25. The van der Waals surface area contributed by atoms with Crippen LogP contribution in [-0.2, 0) is 16.1 Å². The number of carboxylic acids is 2. The maximum atomic E-state index is 11.2. The smallest absolute Gasteiger partial charge is 0.308 e. The number of piperidine rings is 1. The summed E-state index contributed by atoms with van der Waals surface area (Å²) in [4.78, 5) is 28.1. The Morgan fingerprint density at radius 3 is 2.42 bits per heavy atom. The molecule has 2 rings (SSSR count). The second-order valence-electron chi connectivity index (χ2n) is 4.77. The van der Waals surface area contributed by atoms with Gasteiger partial charge in [0.1, 0.15) is 0 Å². The molecular formula is C13H16N2O4. The predicted molar refractivity (Wildman–Crippen MR) is 66.4 cm³/mol. The fourth-order valence-corrected chi connectivity index (χ4v) is 2.46. The Labute approximate surface area is 110 Å². The lowest BCUT2D eigenvalue weighted by Crippen LogP contribution is -2.46. The van der Waals surface area contributed by atoms with E-state index in [1.807, 2.05) is 17.0 Å². The van der Waals surface area contributed by atoms with E-state index in [0.717, 1.165) is 5.56 Å². The summed E-state index contributed by atoms with van der Waals surface area (Å²) in [5.74, 6) is -3.68. The van der Waals surface area contributed by atoms with E-state index in [4.69, 9.17) is 10.2 Å². The first-order valence-corrected chi connectivity index (χ1v) is 6.15. The molecule has 0 aliphatic carbocycles. The predicted octanol–water partition coefficient (Wildman–Crippen LogP) is 0.689. The van der Waals surface area contributed by atoms with Crippen molar-refractivity contribution >= 4 is 11.9 Å². The molecular weight excluding hydrogens is 248 g/mol. The van der Waals surface area contributed by atoms with Crippen molar-refractivity contribution in [3.63, 3.8) is 0 Å². The van der Waals surface area contributed by atoms with E-state index in [1.54, 1.807) is 12.4 Å². The van der Waals surface area contributed by atoms with E-state index in [0.29, 0.717) is 19.5 Å². The lowest BCUT2D eigenvalue weighted by molar-refractivity contribution is -0.157. The number of aromatic nitrogens is 1. The molecule has 0 saturated carbocycles. The van der Waals surface area contributed by atoms with Crippen LogP contribution in [0.4, 0.5) is 0 Å². The molecule has 19 heavy (non-hydrogen) atoms. The first kappa shape index (κ1) is 13.5. The van der Waals surface area contributed by atoms with Crippen molar-refractivity contribution in [2.24, 2.45) is 11.8 Å². The second kappa shape index (κ2) is 5.79. The number of rotatable bonds is 4. The van der Waals surface area contributed by atoms with Crippen molar-refractivity contribution in [1.29, 1.82) is 0 Å². The average molecular weight is 264 g/mol. The molecule has 2 heterocycles. The zero-order chi connectivity index (χ0) is 13.8. The quantitative estimate of drug-likeness (QED) is 0.831. The average Bonchev–Trinajstić information content (AvgIpc) is 2.39. The normalized spacial score (nSPS) is 24.0. The Kier molecular flexibility index (Phi) is 4.11. The van der Waals surface area contributed by atoms with Crippen molar-refractivity contribution < 1.29 is 19.8 Å². The molecule has 6 heteroatoms. The van der Waals surface area contributed by atoms with E-state index >= 15 is 0 Å². The Balaban J connectivity index is 2.03. The fraction of sp³-hybridized carbons (Fsp3) is 0.462. The highest BCUT2D eigenvalue weighted by Gasteiger charge is 2.38. The van der Waals surface area contributed by atoms with Crippen molar-refractivity contribution in [3.05, 3.63) is 30.1 Å². The minimum atomic E-state index is -1.04. The van der Waals surface area contributed by atoms with Crippen molar-refractivity contribution in [2.75, 3.05) is 13.1 Å². The Hall–Kier alpha value is -1.95. The third-order valence-electron chi connectivity index (χ3n) is 3.49. The van der Waals surface area contributed by atoms with Crippen LogP contribution in [-0.4, -0.2) is 45.1 Å². The van der Waals surface area contributed by atoms with Gasteiger partial charge < -0.3 is 10.2 Å². The number of carboxylic acid groups (broad SMARTS) is 2. The molecule has 102 valence electrons. The van der Waals surface area contributed by atoms with Gasteiger partial charge in [-0.15, -0.1) is 0 Å². The number of likely N-dealkylation sites (tertiary alicyclic amines) is 1. The molecule has 1 aromatic heterocycles. The summed E-state index contributed by atoms with van der Waals surface area (Å²) in [5.41, 5.74) is 1.05. The van der Waals surface area contributed by atoms with Crippen molar-refractivity contribution in [2.45, 2.75) is 13.0 Å². The molecule has 2 N–H and O–H groups in total. The first-order valence-electron chi connectivity index (χ1n) is 6.15. The van der Waals surface area contributed by atoms with E-state index < -0.39 is 23.8 Å². The lowest BCUT2D eigenvalue weighted by atomic mass is 9.85. The van der Waals surface area contributed by atoms with Gasteiger partial charge in [-0.05, 0) is 30.7 Å². The number of nitrogens with zero attached hydrogens (tertiary/aromatic N) is 2. The Morgan fingerprint density at radius 1 is 1.21 bits per heavy atom. The van der Waals surface area contributed by atoms with Crippen molar-refractivity contribution in [3.8, 4) is 0 Å². The molecule has 1 fully saturated rings. The van der Waals surface area contributed by atoms with E-state index in [1.165, 1.54) is 0 Å². The maximum absolute atomic E-state index is 11.2. The minimum absolute atomic E-state index is 0.272. The van der Waals surface area contributed by atoms with Crippen LogP contribution < -0.4 is 0 Å². The molecule has 0 aromatic carbocycles. The zero-order valence-corrected chi connectivity index (χ0v) is 10.4. The van der Waals surface area contributed by atoms with Crippen LogP contribution >= 0.6 is 0 Å². The molecule has 1 aromatic rings. The van der Waals surface area contributed by atoms with Gasteiger partial charge >= 0.3 is 11.9 Å². The van der Waals surface area contributed by atoms with Crippen LogP contribution in [0.3, 0.4) is 0 Å². The van der Waals surface area contributed by atoms with Crippen LogP contribution in [0.25, 0.3) is 0 Å². The monoisotopic (exact) mass is 264 g/mol. The zero-order valence-electron chi connectivity index (χ0n) is 10.4. The van der Waals surface area contributed by atoms with Gasteiger partial charge in [-0.25, -0.2) is 0 Å². The SMILES string of the molecule is O=C(O)C1CCN(Cc2ccncc2)CC1C(=O)O. The summed E-state index contributed by atoms with van der Waals surface area (Å²) in [6.07, 6.45) is 3.75. The van der Waals surface area contributed by atoms with Crippen LogP contribution in [0.1, 0.15) is 12.0 Å². The molecule has 0 spiro atoms. The summed E-state index contributed by atoms with van der Waals surface area (Å²) in [7, 11) is 0. The molecule has 0 bridgehead atoms. The number of carbonyl (C=O) groups is 2. The summed E-state index contributed by atoms with van der Waals surface area (Å²) < 4.78 is 0. The van der Waals surface area contributed by atoms with Gasteiger partial charge in [0, 0.05) is 25.5 Å². The standard InChI is InChI=1S/C13H16N2O4/c16-12(17)10-3-6-15(8-11(10)13(18)19)7-9-1-4-14-5-2-9/h1-2,4-5,10-11H,3,6-8H2,(H,16,17)(H,18,19). The van der Waals surface area contributed by atoms with Crippen LogP contribution in [0.5, 0.6) is 0 Å². The van der Waals surface area contributed by atoms with Gasteiger partial charge in [-0.2, -0.15) is 0 Å². The van der Waals surface area contributed by atoms with Gasteiger partial charge in [0.25, 0.3) is 0 Å². The summed E-state index contributed by atoms with van der Waals surface area (Å²) in [6.45, 7) is 1.50. The van der Waals surface area contributed by atoms with E-state index in [9.17, 15) is 9.59 Å². The number of pyridine rings is 1. The molecule has 1 aliphatic heterocycles. The van der Waals surface area contributed by atoms with Gasteiger partial charge in [-0.1, -0.05) is 0 Å². The third kappa shape index (κ3) is 3.29. The summed E-state index contributed by atoms with van der Waals surface area (Å²) in [6, 6.07) is 3.75. The van der Waals surface area contributed by atoms with Gasteiger partial charge in [0.2, 0.25) is 0 Å². The number of aliphatic carboxylic acids is 2. The molecule has 1 aliphatic rings. The largest absolute Gasteiger partial charge is 0.481 e. The molecule has 6 nitrogen and oxygen atoms in total. The topological polar surface area (TPSA) is 90.7 Å². The lowest BCUT2D eigenvalue weighted by Gasteiger charge is -2.34. The third-order valence-corrected chi connectivity index (χ3v) is 3.49. The van der Waals surface area contributed by atoms with Gasteiger partial charge in [0.15, 0.2) is 0 Å². The highest BCUT2D eigenvalue weighted by molar-refractivity contribution is 5.80. The van der Waals surface area contributed by atoms with E-state index in [-0.39, 0.29) is 6.54 Å². The number of hydrogen-bond acceptors (Lipinski definition) is 4. The molecule has 2 unspecified atom stereocenters. The molecule has 0 amide bonds. The Bertz CT molecular complexity index is 463. The number of hydrogen-bond donors (Lipinski definition) is 2. The molecule has 2 atom stereocenters.